The fourth-order valence-corrected chi connectivity index (χ4v) is 3.46. The molecular formula is C15H15N3O3S. The number of hydrogen-bond acceptors (Lipinski definition) is 5. The third-order valence-corrected chi connectivity index (χ3v) is 4.66. The van der Waals surface area contributed by atoms with Crippen molar-refractivity contribution < 1.29 is 9.72 Å². The molecule has 114 valence electrons. The number of nitro groups is 1. The fraction of sp³-hybridized carbons (Fsp3) is 0.333. The van der Waals surface area contributed by atoms with Gasteiger partial charge in [0.1, 0.15) is 0 Å². The van der Waals surface area contributed by atoms with E-state index in [1.54, 1.807) is 18.2 Å². The number of benzene rings is 1. The van der Waals surface area contributed by atoms with Gasteiger partial charge < -0.3 is 4.90 Å². The number of hydrogen-bond donors (Lipinski definition) is 0. The molecule has 0 spiro atoms. The molecule has 0 aliphatic carbocycles. The summed E-state index contributed by atoms with van der Waals surface area (Å²) >= 11 is 1.35. The minimum Gasteiger partial charge on any atom is -0.351 e. The zero-order chi connectivity index (χ0) is 15.5. The highest BCUT2D eigenvalue weighted by molar-refractivity contribution is 8.18. The lowest BCUT2D eigenvalue weighted by atomic mass is 10.1. The lowest BCUT2D eigenvalue weighted by Gasteiger charge is -2.27. The molecular weight excluding hydrogens is 302 g/mol. The van der Waals surface area contributed by atoms with Crippen LogP contribution in [0.15, 0.2) is 34.2 Å². The minimum atomic E-state index is -0.443. The molecule has 0 unspecified atom stereocenters. The molecule has 0 radical (unpaired) electrons. The number of likely N-dealkylation sites (tertiary alicyclic amines) is 1. The molecule has 0 atom stereocenters. The van der Waals surface area contributed by atoms with Crippen LogP contribution in [0.1, 0.15) is 24.8 Å². The van der Waals surface area contributed by atoms with Crippen LogP contribution >= 0.6 is 11.8 Å². The van der Waals surface area contributed by atoms with Gasteiger partial charge in [-0.15, -0.1) is 0 Å². The molecule has 1 aromatic carbocycles. The first-order valence-electron chi connectivity index (χ1n) is 7.15. The molecule has 1 saturated heterocycles. The molecule has 22 heavy (non-hydrogen) atoms. The van der Waals surface area contributed by atoms with Crippen molar-refractivity contribution in [2.45, 2.75) is 19.3 Å². The van der Waals surface area contributed by atoms with Gasteiger partial charge in [0.25, 0.3) is 11.6 Å². The molecule has 1 aromatic rings. The Kier molecular flexibility index (Phi) is 4.24. The maximum atomic E-state index is 12.0. The highest BCUT2D eigenvalue weighted by atomic mass is 32.2. The Morgan fingerprint density at radius 1 is 1.27 bits per heavy atom. The Labute approximate surface area is 132 Å². The lowest BCUT2D eigenvalue weighted by molar-refractivity contribution is -0.384. The molecule has 0 saturated carbocycles. The van der Waals surface area contributed by atoms with Crippen LogP contribution in [0.5, 0.6) is 0 Å². The zero-order valence-electron chi connectivity index (χ0n) is 11.9. The van der Waals surface area contributed by atoms with Crippen molar-refractivity contribution in [2.24, 2.45) is 4.99 Å². The summed E-state index contributed by atoms with van der Waals surface area (Å²) in [6.07, 6.45) is 5.13. The molecule has 0 N–H and O–H groups in total. The van der Waals surface area contributed by atoms with Crippen molar-refractivity contribution in [1.29, 1.82) is 0 Å². The van der Waals surface area contributed by atoms with E-state index in [0.29, 0.717) is 10.5 Å². The van der Waals surface area contributed by atoms with Crippen LogP contribution in [0.4, 0.5) is 5.69 Å². The highest BCUT2D eigenvalue weighted by Crippen LogP contribution is 2.31. The van der Waals surface area contributed by atoms with Gasteiger partial charge in [-0.2, -0.15) is 4.99 Å². The summed E-state index contributed by atoms with van der Waals surface area (Å²) in [6, 6.07) is 6.24. The van der Waals surface area contributed by atoms with Crippen LogP contribution in [0.3, 0.4) is 0 Å². The van der Waals surface area contributed by atoms with Gasteiger partial charge in [0.2, 0.25) is 0 Å². The van der Waals surface area contributed by atoms with Crippen LogP contribution in [-0.2, 0) is 4.79 Å². The second-order valence-corrected chi connectivity index (χ2v) is 6.22. The average molecular weight is 317 g/mol. The topological polar surface area (TPSA) is 75.8 Å². The van der Waals surface area contributed by atoms with E-state index in [2.05, 4.69) is 9.89 Å². The number of carbonyl (C=O) groups excluding carboxylic acids is 1. The number of piperidine rings is 1. The van der Waals surface area contributed by atoms with Gasteiger partial charge in [0.05, 0.1) is 9.83 Å². The van der Waals surface area contributed by atoms with Gasteiger partial charge in [0, 0.05) is 25.2 Å². The minimum absolute atomic E-state index is 0.0157. The van der Waals surface area contributed by atoms with Crippen LogP contribution in [0.25, 0.3) is 6.08 Å². The molecule has 2 aliphatic rings. The van der Waals surface area contributed by atoms with Crippen molar-refractivity contribution >= 4 is 34.6 Å². The summed E-state index contributed by atoms with van der Waals surface area (Å²) in [4.78, 5) is 29.1. The second kappa shape index (κ2) is 6.31. The summed E-state index contributed by atoms with van der Waals surface area (Å²) in [5.41, 5.74) is 0.655. The number of aliphatic imine (C=N–C) groups is 1. The number of nitro benzene ring substituents is 1. The Morgan fingerprint density at radius 2 is 2.05 bits per heavy atom. The van der Waals surface area contributed by atoms with E-state index in [1.807, 2.05) is 0 Å². The Morgan fingerprint density at radius 3 is 2.77 bits per heavy atom. The van der Waals surface area contributed by atoms with Gasteiger partial charge >= 0.3 is 0 Å². The van der Waals surface area contributed by atoms with Crippen molar-refractivity contribution in [3.05, 3.63) is 44.8 Å². The summed E-state index contributed by atoms with van der Waals surface area (Å²) in [5.74, 6) is -0.267. The Hall–Kier alpha value is -2.15. The zero-order valence-corrected chi connectivity index (χ0v) is 12.7. The van der Waals surface area contributed by atoms with Crippen LogP contribution < -0.4 is 0 Å². The van der Waals surface area contributed by atoms with Gasteiger partial charge in [-0.05, 0) is 42.7 Å². The molecule has 0 bridgehead atoms. The molecule has 1 amide bonds. The van der Waals surface area contributed by atoms with E-state index >= 15 is 0 Å². The van der Waals surface area contributed by atoms with Gasteiger partial charge in [-0.1, -0.05) is 12.1 Å². The maximum Gasteiger partial charge on any atom is 0.286 e. The van der Waals surface area contributed by atoms with E-state index in [0.717, 1.165) is 31.1 Å². The maximum absolute atomic E-state index is 12.0. The largest absolute Gasteiger partial charge is 0.351 e. The fourth-order valence-electron chi connectivity index (χ4n) is 2.50. The lowest BCUT2D eigenvalue weighted by Crippen LogP contribution is -2.33. The standard InChI is InChI=1S/C15H15N3O3S/c19-14-13(10-11-5-4-6-12(9-11)18(20)21)22-15(16-14)17-7-2-1-3-8-17/h4-6,9-10H,1-3,7-8H2/b13-10-. The first-order valence-corrected chi connectivity index (χ1v) is 7.97. The van der Waals surface area contributed by atoms with Crippen LogP contribution in [0, 0.1) is 10.1 Å². The quantitative estimate of drug-likeness (QED) is 0.476. The van der Waals surface area contributed by atoms with Crippen LogP contribution in [0.2, 0.25) is 0 Å². The van der Waals surface area contributed by atoms with E-state index < -0.39 is 4.92 Å². The predicted octanol–water partition coefficient (Wildman–Crippen LogP) is 3.05. The number of thioether (sulfide) groups is 1. The van der Waals surface area contributed by atoms with Crippen LogP contribution in [-0.4, -0.2) is 34.0 Å². The van der Waals surface area contributed by atoms with Gasteiger partial charge in [0.15, 0.2) is 5.17 Å². The van der Waals surface area contributed by atoms with Crippen molar-refractivity contribution in [3.8, 4) is 0 Å². The monoisotopic (exact) mass is 317 g/mol. The number of amides is 1. The number of carbonyl (C=O) groups is 1. The number of amidine groups is 1. The molecule has 3 rings (SSSR count). The molecule has 7 heteroatoms. The highest BCUT2D eigenvalue weighted by Gasteiger charge is 2.26. The van der Waals surface area contributed by atoms with Crippen molar-refractivity contribution in [2.75, 3.05) is 13.1 Å². The normalized spacial score (nSPS) is 20.4. The molecule has 2 heterocycles. The van der Waals surface area contributed by atoms with Gasteiger partial charge in [-0.25, -0.2) is 0 Å². The molecule has 2 aliphatic heterocycles. The first-order chi connectivity index (χ1) is 10.6. The number of nitrogens with zero attached hydrogens (tertiary/aromatic N) is 3. The molecule has 0 aromatic heterocycles. The summed E-state index contributed by atoms with van der Waals surface area (Å²) in [6.45, 7) is 1.87. The smallest absolute Gasteiger partial charge is 0.286 e. The number of non-ortho nitro benzene ring substituents is 1. The number of rotatable bonds is 2. The van der Waals surface area contributed by atoms with E-state index in [9.17, 15) is 14.9 Å². The SMILES string of the molecule is O=C1N=C(N2CCCCC2)S/C1=C\c1cccc([N+](=O)[O-])c1. The van der Waals surface area contributed by atoms with Crippen molar-refractivity contribution in [3.63, 3.8) is 0 Å². The van der Waals surface area contributed by atoms with Gasteiger partial charge in [-0.3, -0.25) is 14.9 Å². The summed E-state index contributed by atoms with van der Waals surface area (Å²) in [7, 11) is 0. The van der Waals surface area contributed by atoms with E-state index in [1.165, 1.54) is 30.3 Å². The first kappa shape index (κ1) is 14.8. The second-order valence-electron chi connectivity index (χ2n) is 5.21. The Balaban J connectivity index is 1.77. The molecule has 6 nitrogen and oxygen atoms in total. The average Bonchev–Trinajstić information content (AvgIpc) is 2.89. The molecule has 1 fully saturated rings. The van der Waals surface area contributed by atoms with E-state index in [-0.39, 0.29) is 11.6 Å². The summed E-state index contributed by atoms with van der Waals surface area (Å²) in [5, 5.41) is 11.5. The summed E-state index contributed by atoms with van der Waals surface area (Å²) < 4.78 is 0. The van der Waals surface area contributed by atoms with Crippen molar-refractivity contribution in [1.82, 2.24) is 4.90 Å². The predicted molar refractivity (Wildman–Crippen MR) is 86.5 cm³/mol. The third-order valence-electron chi connectivity index (χ3n) is 3.61. The Bertz CT molecular complexity index is 678. The third kappa shape index (κ3) is 3.19. The van der Waals surface area contributed by atoms with E-state index in [4.69, 9.17) is 0 Å².